The summed E-state index contributed by atoms with van der Waals surface area (Å²) in [4.78, 5) is 18.1. The number of carbonyl (C=O) groups is 1. The Morgan fingerprint density at radius 1 is 1.03 bits per heavy atom. The Bertz CT molecular complexity index is 1090. The van der Waals surface area contributed by atoms with Crippen molar-refractivity contribution in [1.29, 1.82) is 0 Å². The molecule has 0 aliphatic carbocycles. The van der Waals surface area contributed by atoms with Crippen LogP contribution in [0.3, 0.4) is 0 Å². The van der Waals surface area contributed by atoms with Crippen molar-refractivity contribution in [1.82, 2.24) is 9.80 Å². The largest absolute Gasteiger partial charge is 0.493 e. The fraction of sp³-hybridized carbons (Fsp3) is 0.536. The third-order valence-electron chi connectivity index (χ3n) is 7.61. The van der Waals surface area contributed by atoms with Gasteiger partial charge in [-0.15, -0.1) is 0 Å². The first kappa shape index (κ1) is 28.0. The van der Waals surface area contributed by atoms with E-state index in [2.05, 4.69) is 48.6 Å². The van der Waals surface area contributed by atoms with Crippen LogP contribution in [0.5, 0.6) is 17.2 Å². The molecule has 2 unspecified atom stereocenters. The highest BCUT2D eigenvalue weighted by atomic mass is 79.9. The molecular formula is C28H37Br2N3O4. The zero-order chi connectivity index (χ0) is 26.5. The second-order valence-corrected chi connectivity index (χ2v) is 11.5. The van der Waals surface area contributed by atoms with Crippen LogP contribution < -0.4 is 19.9 Å². The van der Waals surface area contributed by atoms with Gasteiger partial charge in [-0.2, -0.15) is 0 Å². The van der Waals surface area contributed by atoms with E-state index < -0.39 is 0 Å². The summed E-state index contributed by atoms with van der Waals surface area (Å²) in [5.41, 5.74) is 8.86. The van der Waals surface area contributed by atoms with Gasteiger partial charge in [0.1, 0.15) is 5.75 Å². The number of rotatable bonds is 9. The highest BCUT2D eigenvalue weighted by molar-refractivity contribution is 9.11. The highest BCUT2D eigenvalue weighted by Crippen LogP contribution is 2.34. The van der Waals surface area contributed by atoms with E-state index in [0.29, 0.717) is 30.5 Å². The summed E-state index contributed by atoms with van der Waals surface area (Å²) >= 11 is 6.95. The predicted molar refractivity (Wildman–Crippen MR) is 154 cm³/mol. The number of nitrogens with zero attached hydrogens (tertiary/aromatic N) is 2. The zero-order valence-electron chi connectivity index (χ0n) is 21.9. The molecule has 4 rings (SSSR count). The standard InChI is InChI=1S/C28H37Br2N3O4/c1-18(33-11-8-19-13-25(35-2)26(36-3)14-20(19)15-27(33)34)24-7-4-5-9-32(24)10-6-12-37-21-16-22(29)28(31)23(30)17-21/h13-14,16-18,24H,4-12,15,31H2,1-3H3. The topological polar surface area (TPSA) is 77.3 Å². The summed E-state index contributed by atoms with van der Waals surface area (Å²) in [6.45, 7) is 5.57. The van der Waals surface area contributed by atoms with E-state index >= 15 is 0 Å². The van der Waals surface area contributed by atoms with Gasteiger partial charge < -0.3 is 24.8 Å². The summed E-state index contributed by atoms with van der Waals surface area (Å²) in [5.74, 6) is 2.37. The van der Waals surface area contributed by atoms with Gasteiger partial charge in [-0.25, -0.2) is 0 Å². The molecule has 0 saturated carbocycles. The third kappa shape index (κ3) is 6.55. The van der Waals surface area contributed by atoms with Gasteiger partial charge in [-0.3, -0.25) is 9.69 Å². The van der Waals surface area contributed by atoms with Crippen molar-refractivity contribution < 1.29 is 19.0 Å². The molecule has 2 N–H and O–H groups in total. The van der Waals surface area contributed by atoms with E-state index in [-0.39, 0.29) is 11.9 Å². The van der Waals surface area contributed by atoms with Crippen LogP contribution in [0.25, 0.3) is 0 Å². The molecule has 2 aliphatic rings. The molecule has 0 radical (unpaired) electrons. The maximum atomic E-state index is 13.4. The minimum absolute atomic E-state index is 0.149. The van der Waals surface area contributed by atoms with Crippen LogP contribution in [-0.4, -0.2) is 68.3 Å². The predicted octanol–water partition coefficient (Wildman–Crippen LogP) is 5.45. The molecule has 0 bridgehead atoms. The molecule has 202 valence electrons. The lowest BCUT2D eigenvalue weighted by Crippen LogP contribution is -2.54. The molecule has 2 aromatic rings. The van der Waals surface area contributed by atoms with Crippen molar-refractivity contribution >= 4 is 43.5 Å². The molecule has 0 spiro atoms. The fourth-order valence-electron chi connectivity index (χ4n) is 5.57. The van der Waals surface area contributed by atoms with E-state index in [4.69, 9.17) is 19.9 Å². The molecule has 9 heteroatoms. The lowest BCUT2D eigenvalue weighted by molar-refractivity contribution is -0.134. The zero-order valence-corrected chi connectivity index (χ0v) is 25.1. The summed E-state index contributed by atoms with van der Waals surface area (Å²) in [6, 6.07) is 8.30. The van der Waals surface area contributed by atoms with Crippen molar-refractivity contribution in [3.05, 3.63) is 44.3 Å². The molecule has 2 heterocycles. The Morgan fingerprint density at radius 2 is 1.70 bits per heavy atom. The minimum Gasteiger partial charge on any atom is -0.493 e. The average Bonchev–Trinajstić information content (AvgIpc) is 3.06. The molecular weight excluding hydrogens is 602 g/mol. The Labute approximate surface area is 236 Å². The minimum atomic E-state index is 0.149. The van der Waals surface area contributed by atoms with Crippen LogP contribution in [0.15, 0.2) is 33.2 Å². The van der Waals surface area contributed by atoms with Crippen molar-refractivity contribution in [2.45, 2.75) is 57.5 Å². The van der Waals surface area contributed by atoms with Crippen molar-refractivity contribution in [3.63, 3.8) is 0 Å². The summed E-state index contributed by atoms with van der Waals surface area (Å²) < 4.78 is 18.6. The Morgan fingerprint density at radius 3 is 2.38 bits per heavy atom. The second-order valence-electron chi connectivity index (χ2n) is 9.83. The number of amides is 1. The van der Waals surface area contributed by atoms with Crippen LogP contribution in [-0.2, 0) is 17.6 Å². The number of hydrogen-bond acceptors (Lipinski definition) is 6. The number of nitrogen functional groups attached to an aromatic ring is 1. The van der Waals surface area contributed by atoms with Gasteiger partial charge in [0.15, 0.2) is 11.5 Å². The van der Waals surface area contributed by atoms with Gasteiger partial charge >= 0.3 is 0 Å². The van der Waals surface area contributed by atoms with E-state index in [1.165, 1.54) is 18.4 Å². The van der Waals surface area contributed by atoms with Gasteiger partial charge in [-0.1, -0.05) is 6.42 Å². The van der Waals surface area contributed by atoms with Crippen LogP contribution >= 0.6 is 31.9 Å². The first-order chi connectivity index (χ1) is 17.8. The SMILES string of the molecule is COc1cc2c(cc1OC)CC(=O)N(C(C)C1CCCCN1CCCOc1cc(Br)c(N)c(Br)c1)CC2. The maximum absolute atomic E-state index is 13.4. The number of fused-ring (bicyclic) bond motifs is 1. The molecule has 1 fully saturated rings. The number of methoxy groups -OCH3 is 2. The summed E-state index contributed by atoms with van der Waals surface area (Å²) in [6.07, 6.45) is 5.64. The molecule has 1 saturated heterocycles. The van der Waals surface area contributed by atoms with Gasteiger partial charge in [0.2, 0.25) is 5.91 Å². The van der Waals surface area contributed by atoms with Crippen LogP contribution in [0, 0.1) is 0 Å². The number of ether oxygens (including phenoxy) is 3. The summed E-state index contributed by atoms with van der Waals surface area (Å²) in [5, 5.41) is 0. The van der Waals surface area contributed by atoms with E-state index in [9.17, 15) is 4.79 Å². The number of hydrogen-bond donors (Lipinski definition) is 1. The van der Waals surface area contributed by atoms with E-state index in [0.717, 1.165) is 64.9 Å². The maximum Gasteiger partial charge on any atom is 0.227 e. The van der Waals surface area contributed by atoms with Gasteiger partial charge in [0, 0.05) is 34.1 Å². The van der Waals surface area contributed by atoms with Crippen LogP contribution in [0.4, 0.5) is 5.69 Å². The number of likely N-dealkylation sites (tertiary alicyclic amines) is 1. The Balaban J connectivity index is 1.37. The number of nitrogens with two attached hydrogens (primary N) is 1. The lowest BCUT2D eigenvalue weighted by atomic mass is 9.95. The first-order valence-corrected chi connectivity index (χ1v) is 14.6. The average molecular weight is 639 g/mol. The first-order valence-electron chi connectivity index (χ1n) is 13.0. The van der Waals surface area contributed by atoms with Crippen LogP contribution in [0.2, 0.25) is 0 Å². The molecule has 2 aliphatic heterocycles. The number of carbonyl (C=O) groups excluding carboxylic acids is 1. The highest BCUT2D eigenvalue weighted by Gasteiger charge is 2.34. The monoisotopic (exact) mass is 637 g/mol. The van der Waals surface area contributed by atoms with Crippen molar-refractivity contribution in [2.24, 2.45) is 0 Å². The van der Waals surface area contributed by atoms with Gasteiger partial charge in [0.05, 0.1) is 32.9 Å². The number of benzene rings is 2. The quantitative estimate of drug-likeness (QED) is 0.291. The second kappa shape index (κ2) is 12.7. The van der Waals surface area contributed by atoms with Crippen molar-refractivity contribution in [2.75, 3.05) is 46.2 Å². The normalized spacial score (nSPS) is 19.2. The number of anilines is 1. The number of piperidine rings is 1. The van der Waals surface area contributed by atoms with Gasteiger partial charge in [0.25, 0.3) is 0 Å². The number of halogens is 2. The molecule has 37 heavy (non-hydrogen) atoms. The summed E-state index contributed by atoms with van der Waals surface area (Å²) in [7, 11) is 3.28. The Kier molecular flexibility index (Phi) is 9.64. The Hall–Kier alpha value is -1.97. The van der Waals surface area contributed by atoms with E-state index in [1.807, 2.05) is 24.3 Å². The van der Waals surface area contributed by atoms with E-state index in [1.54, 1.807) is 14.2 Å². The lowest BCUT2D eigenvalue weighted by Gasteiger charge is -2.43. The molecule has 7 nitrogen and oxygen atoms in total. The third-order valence-corrected chi connectivity index (χ3v) is 8.93. The fourth-order valence-corrected chi connectivity index (χ4v) is 6.72. The molecule has 1 amide bonds. The van der Waals surface area contributed by atoms with Crippen LogP contribution in [0.1, 0.15) is 43.7 Å². The van der Waals surface area contributed by atoms with Crippen molar-refractivity contribution in [3.8, 4) is 17.2 Å². The smallest absolute Gasteiger partial charge is 0.227 e. The molecule has 0 aromatic heterocycles. The molecule has 2 atom stereocenters. The van der Waals surface area contributed by atoms with Gasteiger partial charge in [-0.05, 0) is 106 Å². The molecule has 2 aromatic carbocycles.